The van der Waals surface area contributed by atoms with Crippen LogP contribution in [0.5, 0.6) is 69.0 Å². The number of allylic oxidation sites excluding steroid dienone is 2. The van der Waals surface area contributed by atoms with Crippen molar-refractivity contribution in [3.05, 3.63) is 151 Å². The van der Waals surface area contributed by atoms with Crippen LogP contribution in [-0.4, -0.2) is 80.3 Å². The van der Waals surface area contributed by atoms with Gasteiger partial charge in [0.05, 0.1) is 5.56 Å². The molecule has 16 heteroatoms. The zero-order valence-electron chi connectivity index (χ0n) is 42.8. The van der Waals surface area contributed by atoms with E-state index in [0.717, 1.165) is 13.8 Å². The second-order valence-corrected chi connectivity index (χ2v) is 20.7. The van der Waals surface area contributed by atoms with Crippen LogP contribution in [0, 0.1) is 19.8 Å². The first kappa shape index (κ1) is 52.0. The largest absolute Gasteiger partial charge is 0.507 e. The normalized spacial score (nSPS) is 17.7. The van der Waals surface area contributed by atoms with Crippen molar-refractivity contribution in [2.24, 2.45) is 5.92 Å². The number of aromatic hydroxyl groups is 9. The highest BCUT2D eigenvalue weighted by atomic mass is 16.5. The topological polar surface area (TPSA) is 278 Å². The fourth-order valence-electron chi connectivity index (χ4n) is 11.2. The lowest BCUT2D eigenvalue weighted by molar-refractivity contribution is -0.0861. The van der Waals surface area contributed by atoms with Crippen LogP contribution in [0.15, 0.2) is 72.8 Å². The molecule has 9 N–H and O–H groups in total. The van der Waals surface area contributed by atoms with E-state index in [4.69, 9.17) is 14.2 Å². The van der Waals surface area contributed by atoms with Crippen molar-refractivity contribution >= 4 is 35.3 Å². The first-order chi connectivity index (χ1) is 35.8. The number of fused-ring (bicyclic) bond motifs is 4. The van der Waals surface area contributed by atoms with Gasteiger partial charge in [0.1, 0.15) is 109 Å². The van der Waals surface area contributed by atoms with Crippen molar-refractivity contribution < 1.29 is 79.3 Å². The number of phenolic OH excluding ortho intramolecular Hbond substituents is 9. The molecule has 3 atom stereocenters. The number of carbonyl (C=O) groups is 4. The Hall–Kier alpha value is -8.92. The monoisotopic (exact) mass is 1030 g/mol. The van der Waals surface area contributed by atoms with Gasteiger partial charge in [0.15, 0.2) is 23.1 Å². The van der Waals surface area contributed by atoms with Crippen molar-refractivity contribution in [3.8, 4) is 69.0 Å². The molecule has 76 heavy (non-hydrogen) atoms. The smallest absolute Gasteiger partial charge is 0.193 e. The van der Waals surface area contributed by atoms with Crippen LogP contribution < -0.4 is 14.2 Å². The standard InChI is InChI=1S/C60H56O16/c1-26-46(65)32(50(69)39(28(3)61)48(26)67)23-34-52(71)42(37(63)21-19-30-15-11-9-12-16-30)57-44(53(34)72)58-45(60(7,8)76-57)36-25-59(5,6)75-56-41(36)55(74-58)35(24-33-47(66)27(2)49(68)40(29(4)62)51(33)70)54(73)43(56)38(64)22-20-31-17-13-10-14-18-31/h9-22,36,45,58,65-73H,23-25H2,1-8H3/b21-19+,22-20+/t36-,45+,58+/m1/s1. The van der Waals surface area contributed by atoms with Crippen LogP contribution >= 0.6 is 0 Å². The Morgan fingerprint density at radius 2 is 0.921 bits per heavy atom. The third-order valence-electron chi connectivity index (χ3n) is 14.8. The highest BCUT2D eigenvalue weighted by Gasteiger charge is 2.59. The Labute approximate surface area is 436 Å². The van der Waals surface area contributed by atoms with Gasteiger partial charge in [-0.3, -0.25) is 19.2 Å². The van der Waals surface area contributed by atoms with Crippen molar-refractivity contribution in [3.63, 3.8) is 0 Å². The molecule has 0 bridgehead atoms. The number of hydrogen-bond donors (Lipinski definition) is 9. The van der Waals surface area contributed by atoms with E-state index in [1.807, 2.05) is 0 Å². The Morgan fingerprint density at radius 1 is 0.513 bits per heavy atom. The minimum absolute atomic E-state index is 0.0625. The lowest BCUT2D eigenvalue weighted by Gasteiger charge is -2.54. The minimum atomic E-state index is -1.41. The molecule has 0 unspecified atom stereocenters. The molecule has 0 aromatic heterocycles. The summed E-state index contributed by atoms with van der Waals surface area (Å²) >= 11 is 0. The van der Waals surface area contributed by atoms with Gasteiger partial charge in [0.25, 0.3) is 0 Å². The average Bonchev–Trinajstić information content (AvgIpc) is 3.35. The molecule has 6 aromatic rings. The molecule has 0 spiro atoms. The summed E-state index contributed by atoms with van der Waals surface area (Å²) < 4.78 is 20.7. The molecular weight excluding hydrogens is 977 g/mol. The van der Waals surface area contributed by atoms with E-state index in [1.54, 1.807) is 94.4 Å². The Bertz CT molecular complexity index is 3550. The predicted molar refractivity (Wildman–Crippen MR) is 279 cm³/mol. The molecule has 392 valence electrons. The predicted octanol–water partition coefficient (Wildman–Crippen LogP) is 10.6. The molecule has 3 heterocycles. The number of Topliss-reactive ketones (excluding diaryl/α,β-unsaturated/α-hetero) is 2. The summed E-state index contributed by atoms with van der Waals surface area (Å²) in [6.07, 6.45) is 2.84. The summed E-state index contributed by atoms with van der Waals surface area (Å²) in [5.74, 6) is -11.9. The van der Waals surface area contributed by atoms with Gasteiger partial charge in [0.2, 0.25) is 0 Å². The molecule has 0 amide bonds. The maximum atomic E-state index is 14.8. The minimum Gasteiger partial charge on any atom is -0.507 e. The van der Waals surface area contributed by atoms with Gasteiger partial charge in [-0.25, -0.2) is 0 Å². The van der Waals surface area contributed by atoms with E-state index in [-0.39, 0.29) is 62.6 Å². The average molecular weight is 1030 g/mol. The van der Waals surface area contributed by atoms with Gasteiger partial charge in [-0.2, -0.15) is 0 Å². The molecule has 0 fully saturated rings. The number of ketones is 4. The Morgan fingerprint density at radius 3 is 1.38 bits per heavy atom. The zero-order chi connectivity index (χ0) is 55.2. The summed E-state index contributed by atoms with van der Waals surface area (Å²) in [4.78, 5) is 55.2. The molecule has 3 aliphatic rings. The van der Waals surface area contributed by atoms with Gasteiger partial charge in [-0.05, 0) is 85.1 Å². The number of phenols is 9. The van der Waals surface area contributed by atoms with Crippen molar-refractivity contribution in [2.45, 2.75) is 97.9 Å². The molecule has 0 saturated heterocycles. The second kappa shape index (κ2) is 18.8. The van der Waals surface area contributed by atoms with Crippen molar-refractivity contribution in [2.75, 3.05) is 0 Å². The maximum Gasteiger partial charge on any atom is 0.193 e. The van der Waals surface area contributed by atoms with Gasteiger partial charge < -0.3 is 60.2 Å². The molecule has 3 aliphatic heterocycles. The highest BCUT2D eigenvalue weighted by Crippen LogP contribution is 2.67. The third-order valence-corrected chi connectivity index (χ3v) is 14.8. The lowest BCUT2D eigenvalue weighted by Crippen LogP contribution is -2.53. The SMILES string of the molecule is CC(=O)c1c(O)c(C)c(O)c(Cc2c(O)c(C(=O)/C=C/c3ccccc3)c3c(c2O)[C@@H]2Oc4c(Cc5c(O)c(C)c(O)c(C(C)=O)c5O)c(O)c(C(=O)/C=C/c5ccccc5)c5c4[C@@H](CC(C)(C)O5)[C@@H]2C(C)(C)O3)c1O. The molecule has 0 saturated carbocycles. The van der Waals surface area contributed by atoms with Crippen LogP contribution in [0.3, 0.4) is 0 Å². The second-order valence-electron chi connectivity index (χ2n) is 20.7. The van der Waals surface area contributed by atoms with Crippen LogP contribution in [-0.2, 0) is 12.8 Å². The van der Waals surface area contributed by atoms with E-state index < -0.39 is 145 Å². The molecule has 16 nitrogen and oxygen atoms in total. The highest BCUT2D eigenvalue weighted by molar-refractivity contribution is 6.13. The number of carbonyl (C=O) groups excluding carboxylic acids is 4. The first-order valence-electron chi connectivity index (χ1n) is 24.4. The summed E-state index contributed by atoms with van der Waals surface area (Å²) in [5, 5.41) is 106. The number of hydrogen-bond acceptors (Lipinski definition) is 16. The van der Waals surface area contributed by atoms with Gasteiger partial charge in [-0.1, -0.05) is 72.8 Å². The van der Waals surface area contributed by atoms with E-state index in [0.29, 0.717) is 11.1 Å². The first-order valence-corrected chi connectivity index (χ1v) is 24.4. The summed E-state index contributed by atoms with van der Waals surface area (Å²) in [6, 6.07) is 17.7. The molecule has 0 aliphatic carbocycles. The van der Waals surface area contributed by atoms with Gasteiger partial charge >= 0.3 is 0 Å². The summed E-state index contributed by atoms with van der Waals surface area (Å²) in [6.45, 7) is 11.8. The summed E-state index contributed by atoms with van der Waals surface area (Å²) in [7, 11) is 0. The molecule has 6 aromatic carbocycles. The van der Waals surface area contributed by atoms with E-state index in [1.165, 1.54) is 32.1 Å². The quantitative estimate of drug-likeness (QED) is 0.0407. The number of rotatable bonds is 12. The maximum absolute atomic E-state index is 14.8. The van der Waals surface area contributed by atoms with Crippen LogP contribution in [0.1, 0.15) is 157 Å². The van der Waals surface area contributed by atoms with Crippen LogP contribution in [0.4, 0.5) is 0 Å². The molecule has 9 rings (SSSR count). The number of ether oxygens (including phenoxy) is 3. The van der Waals surface area contributed by atoms with Gasteiger partial charge in [0, 0.05) is 63.6 Å². The van der Waals surface area contributed by atoms with Crippen molar-refractivity contribution in [1.82, 2.24) is 0 Å². The van der Waals surface area contributed by atoms with Crippen LogP contribution in [0.25, 0.3) is 12.2 Å². The summed E-state index contributed by atoms with van der Waals surface area (Å²) in [5.41, 5.74) is -4.78. The fourth-order valence-corrected chi connectivity index (χ4v) is 11.2. The zero-order valence-corrected chi connectivity index (χ0v) is 42.8. The molecule has 0 radical (unpaired) electrons. The van der Waals surface area contributed by atoms with Crippen LogP contribution in [0.2, 0.25) is 0 Å². The Balaban J connectivity index is 1.35. The number of benzene rings is 6. The third kappa shape index (κ3) is 8.43. The fraction of sp³-hybridized carbons (Fsp3) is 0.267. The van der Waals surface area contributed by atoms with Crippen molar-refractivity contribution in [1.29, 1.82) is 0 Å². The van der Waals surface area contributed by atoms with E-state index in [9.17, 15) is 65.1 Å². The van der Waals surface area contributed by atoms with E-state index >= 15 is 0 Å². The Kier molecular flexibility index (Phi) is 12.8. The van der Waals surface area contributed by atoms with E-state index in [2.05, 4.69) is 0 Å². The lowest BCUT2D eigenvalue weighted by atomic mass is 9.63. The van der Waals surface area contributed by atoms with Gasteiger partial charge in [-0.15, -0.1) is 0 Å². The molecular formula is C60H56O16.